The standard InChI is InChI=1S/C14H22FN/c1-4-13(14(5-2)16-6-3)11-7-9-12(15)10-8-11/h7-10,13-14,16H,4-6H2,1-3H3. The van der Waals surface area contributed by atoms with E-state index in [0.717, 1.165) is 19.4 Å². The Bertz CT molecular complexity index is 294. The number of likely N-dealkylation sites (N-methyl/N-ethyl adjacent to an activating group) is 1. The molecule has 0 spiro atoms. The molecule has 2 heteroatoms. The lowest BCUT2D eigenvalue weighted by Gasteiger charge is -2.26. The van der Waals surface area contributed by atoms with Crippen molar-refractivity contribution in [2.75, 3.05) is 6.54 Å². The maximum Gasteiger partial charge on any atom is 0.123 e. The van der Waals surface area contributed by atoms with Gasteiger partial charge in [0, 0.05) is 6.04 Å². The largest absolute Gasteiger partial charge is 0.314 e. The average Bonchev–Trinajstić information content (AvgIpc) is 2.31. The van der Waals surface area contributed by atoms with Gasteiger partial charge in [0.1, 0.15) is 5.82 Å². The first-order chi connectivity index (χ1) is 7.72. The summed E-state index contributed by atoms with van der Waals surface area (Å²) in [6.07, 6.45) is 2.18. The minimum atomic E-state index is -0.157. The van der Waals surface area contributed by atoms with Crippen LogP contribution < -0.4 is 5.32 Å². The minimum Gasteiger partial charge on any atom is -0.314 e. The number of benzene rings is 1. The Morgan fingerprint density at radius 1 is 1.06 bits per heavy atom. The Labute approximate surface area is 98.1 Å². The first-order valence-corrected chi connectivity index (χ1v) is 6.21. The van der Waals surface area contributed by atoms with Gasteiger partial charge in [-0.2, -0.15) is 0 Å². The van der Waals surface area contributed by atoms with Crippen LogP contribution in [0.3, 0.4) is 0 Å². The normalized spacial score (nSPS) is 14.8. The maximum absolute atomic E-state index is 12.9. The zero-order valence-electron chi connectivity index (χ0n) is 10.5. The molecule has 0 bridgehead atoms. The summed E-state index contributed by atoms with van der Waals surface area (Å²) in [5.74, 6) is 0.320. The van der Waals surface area contributed by atoms with Gasteiger partial charge in [-0.15, -0.1) is 0 Å². The molecular weight excluding hydrogens is 201 g/mol. The van der Waals surface area contributed by atoms with Crippen molar-refractivity contribution in [3.05, 3.63) is 35.6 Å². The molecule has 2 unspecified atom stereocenters. The molecule has 0 fully saturated rings. The highest BCUT2D eigenvalue weighted by Gasteiger charge is 2.18. The van der Waals surface area contributed by atoms with E-state index in [1.54, 1.807) is 12.1 Å². The van der Waals surface area contributed by atoms with E-state index in [9.17, 15) is 4.39 Å². The van der Waals surface area contributed by atoms with E-state index in [1.165, 1.54) is 5.56 Å². The molecule has 1 N–H and O–H groups in total. The van der Waals surface area contributed by atoms with Crippen molar-refractivity contribution in [3.8, 4) is 0 Å². The van der Waals surface area contributed by atoms with Gasteiger partial charge >= 0.3 is 0 Å². The monoisotopic (exact) mass is 223 g/mol. The van der Waals surface area contributed by atoms with Gasteiger partial charge in [0.2, 0.25) is 0 Å². The van der Waals surface area contributed by atoms with Crippen molar-refractivity contribution >= 4 is 0 Å². The van der Waals surface area contributed by atoms with Gasteiger partial charge in [-0.25, -0.2) is 4.39 Å². The topological polar surface area (TPSA) is 12.0 Å². The highest BCUT2D eigenvalue weighted by Crippen LogP contribution is 2.25. The molecular formula is C14H22FN. The number of hydrogen-bond acceptors (Lipinski definition) is 1. The number of nitrogens with one attached hydrogen (secondary N) is 1. The van der Waals surface area contributed by atoms with Crippen LogP contribution in [0.25, 0.3) is 0 Å². The van der Waals surface area contributed by atoms with Crippen molar-refractivity contribution in [3.63, 3.8) is 0 Å². The lowest BCUT2D eigenvalue weighted by Crippen LogP contribution is -2.34. The first kappa shape index (κ1) is 13.2. The van der Waals surface area contributed by atoms with E-state index in [-0.39, 0.29) is 5.82 Å². The highest BCUT2D eigenvalue weighted by atomic mass is 19.1. The third-order valence-electron chi connectivity index (χ3n) is 3.13. The molecule has 0 aliphatic carbocycles. The molecule has 2 atom stereocenters. The van der Waals surface area contributed by atoms with Gasteiger partial charge < -0.3 is 5.32 Å². The molecule has 0 heterocycles. The fraction of sp³-hybridized carbons (Fsp3) is 0.571. The Hall–Kier alpha value is -0.890. The SMILES string of the molecule is CCNC(CC)C(CC)c1ccc(F)cc1. The molecule has 0 amide bonds. The van der Waals surface area contributed by atoms with Crippen molar-refractivity contribution in [1.29, 1.82) is 0 Å². The summed E-state index contributed by atoms with van der Waals surface area (Å²) in [5.41, 5.74) is 1.23. The predicted octanol–water partition coefficient (Wildman–Crippen LogP) is 3.71. The molecule has 0 saturated carbocycles. The van der Waals surface area contributed by atoms with E-state index < -0.39 is 0 Å². The quantitative estimate of drug-likeness (QED) is 0.775. The van der Waals surface area contributed by atoms with Crippen LogP contribution in [0.1, 0.15) is 45.1 Å². The Balaban J connectivity index is 2.83. The minimum absolute atomic E-state index is 0.157. The van der Waals surface area contributed by atoms with Crippen LogP contribution in [0, 0.1) is 5.82 Å². The van der Waals surface area contributed by atoms with Crippen LogP contribution >= 0.6 is 0 Å². The molecule has 0 aliphatic rings. The molecule has 0 aromatic heterocycles. The average molecular weight is 223 g/mol. The zero-order valence-corrected chi connectivity index (χ0v) is 10.5. The number of rotatable bonds is 6. The van der Waals surface area contributed by atoms with Crippen molar-refractivity contribution in [2.45, 2.75) is 45.6 Å². The third-order valence-corrected chi connectivity index (χ3v) is 3.13. The van der Waals surface area contributed by atoms with E-state index in [4.69, 9.17) is 0 Å². The van der Waals surface area contributed by atoms with Gasteiger partial charge in [-0.05, 0) is 43.0 Å². The molecule has 1 aromatic rings. The third kappa shape index (κ3) is 3.31. The van der Waals surface area contributed by atoms with E-state index in [0.29, 0.717) is 12.0 Å². The fourth-order valence-corrected chi connectivity index (χ4v) is 2.30. The van der Waals surface area contributed by atoms with E-state index in [2.05, 4.69) is 26.1 Å². The first-order valence-electron chi connectivity index (χ1n) is 6.21. The van der Waals surface area contributed by atoms with Gasteiger partial charge in [0.05, 0.1) is 0 Å². The van der Waals surface area contributed by atoms with E-state index in [1.807, 2.05) is 12.1 Å². The van der Waals surface area contributed by atoms with Gasteiger partial charge in [0.15, 0.2) is 0 Å². The lowest BCUT2D eigenvalue weighted by molar-refractivity contribution is 0.419. The van der Waals surface area contributed by atoms with Gasteiger partial charge in [-0.1, -0.05) is 32.9 Å². The Morgan fingerprint density at radius 3 is 2.12 bits per heavy atom. The van der Waals surface area contributed by atoms with Crippen LogP contribution in [-0.2, 0) is 0 Å². The van der Waals surface area contributed by atoms with Crippen molar-refractivity contribution in [1.82, 2.24) is 5.32 Å². The van der Waals surface area contributed by atoms with Gasteiger partial charge in [0.25, 0.3) is 0 Å². The van der Waals surface area contributed by atoms with Gasteiger partial charge in [-0.3, -0.25) is 0 Å². The molecule has 1 aromatic carbocycles. The van der Waals surface area contributed by atoms with Crippen LogP contribution in [0.2, 0.25) is 0 Å². The van der Waals surface area contributed by atoms with Crippen molar-refractivity contribution in [2.24, 2.45) is 0 Å². The summed E-state index contributed by atoms with van der Waals surface area (Å²) in [5, 5.41) is 3.50. The van der Waals surface area contributed by atoms with Crippen LogP contribution in [0.5, 0.6) is 0 Å². The summed E-state index contributed by atoms with van der Waals surface area (Å²) in [7, 11) is 0. The maximum atomic E-state index is 12.9. The molecule has 0 saturated heterocycles. The Morgan fingerprint density at radius 2 is 1.69 bits per heavy atom. The van der Waals surface area contributed by atoms with Crippen LogP contribution in [0.15, 0.2) is 24.3 Å². The van der Waals surface area contributed by atoms with Crippen molar-refractivity contribution < 1.29 is 4.39 Å². The second-order valence-electron chi connectivity index (χ2n) is 4.14. The second-order valence-corrected chi connectivity index (χ2v) is 4.14. The molecule has 0 aliphatic heterocycles. The Kier molecular flexibility index (Phi) is 5.47. The predicted molar refractivity (Wildman–Crippen MR) is 67.2 cm³/mol. The molecule has 1 rings (SSSR count). The van der Waals surface area contributed by atoms with E-state index >= 15 is 0 Å². The highest BCUT2D eigenvalue weighted by molar-refractivity contribution is 5.22. The summed E-state index contributed by atoms with van der Waals surface area (Å²) in [6, 6.07) is 7.40. The second kappa shape index (κ2) is 6.64. The molecule has 90 valence electrons. The molecule has 1 nitrogen and oxygen atoms in total. The summed E-state index contributed by atoms with van der Waals surface area (Å²) < 4.78 is 12.9. The lowest BCUT2D eigenvalue weighted by atomic mass is 9.87. The van der Waals surface area contributed by atoms with Crippen LogP contribution in [0.4, 0.5) is 4.39 Å². The molecule has 0 radical (unpaired) electrons. The fourth-order valence-electron chi connectivity index (χ4n) is 2.30. The smallest absolute Gasteiger partial charge is 0.123 e. The summed E-state index contributed by atoms with van der Waals surface area (Å²) in [6.45, 7) is 7.49. The number of halogens is 1. The molecule has 16 heavy (non-hydrogen) atoms. The zero-order chi connectivity index (χ0) is 12.0. The summed E-state index contributed by atoms with van der Waals surface area (Å²) >= 11 is 0. The van der Waals surface area contributed by atoms with Crippen LogP contribution in [-0.4, -0.2) is 12.6 Å². The summed E-state index contributed by atoms with van der Waals surface area (Å²) in [4.78, 5) is 0. The number of hydrogen-bond donors (Lipinski definition) is 1.